The molecule has 0 spiro atoms. The average Bonchev–Trinajstić information content (AvgIpc) is 3.00. The Labute approximate surface area is 117 Å². The molecule has 0 radical (unpaired) electrons. The highest BCUT2D eigenvalue weighted by atomic mass is 32.2. The van der Waals surface area contributed by atoms with Crippen molar-refractivity contribution in [2.24, 2.45) is 0 Å². The molecule has 2 aromatic heterocycles. The van der Waals surface area contributed by atoms with Crippen LogP contribution in [0, 0.1) is 0 Å². The van der Waals surface area contributed by atoms with Crippen molar-refractivity contribution in [1.82, 2.24) is 4.31 Å². The van der Waals surface area contributed by atoms with Crippen molar-refractivity contribution in [2.45, 2.75) is 26.4 Å². The van der Waals surface area contributed by atoms with Crippen molar-refractivity contribution < 1.29 is 12.8 Å². The van der Waals surface area contributed by atoms with Gasteiger partial charge in [0, 0.05) is 6.54 Å². The lowest BCUT2D eigenvalue weighted by Crippen LogP contribution is -2.31. The highest BCUT2D eigenvalue weighted by molar-refractivity contribution is 7.89. The summed E-state index contributed by atoms with van der Waals surface area (Å²) in [6.45, 7) is 2.55. The van der Waals surface area contributed by atoms with Crippen LogP contribution in [0.25, 0.3) is 0 Å². The van der Waals surface area contributed by atoms with Gasteiger partial charge in [0.15, 0.2) is 0 Å². The molecule has 0 saturated carbocycles. The van der Waals surface area contributed by atoms with E-state index in [0.717, 1.165) is 5.56 Å². The second-order valence-electron chi connectivity index (χ2n) is 4.30. The molecule has 4 nitrogen and oxygen atoms in total. The first-order valence-electron chi connectivity index (χ1n) is 6.13. The maximum atomic E-state index is 12.3. The van der Waals surface area contributed by atoms with Gasteiger partial charge in [-0.05, 0) is 40.9 Å². The minimum absolute atomic E-state index is 0.165. The van der Waals surface area contributed by atoms with Crippen molar-refractivity contribution in [2.75, 3.05) is 5.75 Å². The van der Waals surface area contributed by atoms with Crippen LogP contribution in [0.3, 0.4) is 0 Å². The SMILES string of the molecule is CCCS(=O)(=O)N(Cc1ccsc1)Cc1ccco1. The molecular weight excluding hydrogens is 282 g/mol. The molecule has 0 amide bonds. The zero-order chi connectivity index (χ0) is 13.7. The van der Waals surface area contributed by atoms with Gasteiger partial charge in [0.2, 0.25) is 10.0 Å². The Morgan fingerprint density at radius 1 is 1.32 bits per heavy atom. The van der Waals surface area contributed by atoms with E-state index in [4.69, 9.17) is 4.42 Å². The number of rotatable bonds is 7. The fourth-order valence-electron chi connectivity index (χ4n) is 1.80. The van der Waals surface area contributed by atoms with Crippen molar-refractivity contribution in [3.63, 3.8) is 0 Å². The van der Waals surface area contributed by atoms with Gasteiger partial charge in [-0.25, -0.2) is 8.42 Å². The normalized spacial score (nSPS) is 12.1. The molecule has 0 saturated heterocycles. The number of furan rings is 1. The van der Waals surface area contributed by atoms with Gasteiger partial charge in [0.05, 0.1) is 18.6 Å². The van der Waals surface area contributed by atoms with E-state index < -0.39 is 10.0 Å². The second kappa shape index (κ2) is 6.36. The van der Waals surface area contributed by atoms with Crippen molar-refractivity contribution in [3.05, 3.63) is 46.5 Å². The second-order valence-corrected chi connectivity index (χ2v) is 7.16. The lowest BCUT2D eigenvalue weighted by Gasteiger charge is -2.20. The maximum Gasteiger partial charge on any atom is 0.214 e. The highest BCUT2D eigenvalue weighted by Crippen LogP contribution is 2.17. The van der Waals surface area contributed by atoms with E-state index in [1.165, 1.54) is 4.31 Å². The minimum Gasteiger partial charge on any atom is -0.468 e. The summed E-state index contributed by atoms with van der Waals surface area (Å²) in [5.74, 6) is 0.826. The quantitative estimate of drug-likeness (QED) is 0.789. The Morgan fingerprint density at radius 3 is 2.74 bits per heavy atom. The summed E-state index contributed by atoms with van der Waals surface area (Å²) in [5, 5.41) is 3.92. The standard InChI is InChI=1S/C13H17NO3S2/c1-2-8-19(15,16)14(9-12-5-7-18-11-12)10-13-4-3-6-17-13/h3-7,11H,2,8-10H2,1H3. The smallest absolute Gasteiger partial charge is 0.214 e. The molecular formula is C13H17NO3S2. The molecule has 0 aromatic carbocycles. The Balaban J connectivity index is 2.17. The molecule has 19 heavy (non-hydrogen) atoms. The summed E-state index contributed by atoms with van der Waals surface area (Å²) in [6.07, 6.45) is 2.17. The fraction of sp³-hybridized carbons (Fsp3) is 0.385. The third-order valence-corrected chi connectivity index (χ3v) is 5.41. The van der Waals surface area contributed by atoms with Gasteiger partial charge in [0.1, 0.15) is 5.76 Å². The molecule has 0 fully saturated rings. The Kier molecular flexibility index (Phi) is 4.79. The van der Waals surface area contributed by atoms with Crippen molar-refractivity contribution in [1.29, 1.82) is 0 Å². The number of sulfonamides is 1. The predicted octanol–water partition coefficient (Wildman–Crippen LogP) is 3.08. The number of hydrogen-bond acceptors (Lipinski definition) is 4. The first-order chi connectivity index (χ1) is 9.12. The third-order valence-electron chi connectivity index (χ3n) is 2.71. The largest absolute Gasteiger partial charge is 0.468 e. The Bertz CT molecular complexity index is 537. The van der Waals surface area contributed by atoms with E-state index in [1.807, 2.05) is 23.8 Å². The number of nitrogens with zero attached hydrogens (tertiary/aromatic N) is 1. The van der Waals surface area contributed by atoms with E-state index in [1.54, 1.807) is 29.7 Å². The third kappa shape index (κ3) is 3.92. The van der Waals surface area contributed by atoms with Crippen LogP contribution >= 0.6 is 11.3 Å². The molecule has 0 unspecified atom stereocenters. The Morgan fingerprint density at radius 2 is 2.16 bits per heavy atom. The van der Waals surface area contributed by atoms with Crippen LogP contribution in [0.15, 0.2) is 39.6 Å². The van der Waals surface area contributed by atoms with E-state index >= 15 is 0 Å². The van der Waals surface area contributed by atoms with E-state index in [9.17, 15) is 8.42 Å². The maximum absolute atomic E-state index is 12.3. The molecule has 104 valence electrons. The van der Waals surface area contributed by atoms with Crippen LogP contribution in [0.4, 0.5) is 0 Å². The molecule has 2 aromatic rings. The summed E-state index contributed by atoms with van der Waals surface area (Å²) >= 11 is 1.57. The summed E-state index contributed by atoms with van der Waals surface area (Å²) in [6, 6.07) is 5.51. The van der Waals surface area contributed by atoms with Gasteiger partial charge in [-0.2, -0.15) is 15.6 Å². The predicted molar refractivity (Wildman–Crippen MR) is 76.4 cm³/mol. The van der Waals surface area contributed by atoms with Crippen LogP contribution in [-0.4, -0.2) is 18.5 Å². The molecule has 6 heteroatoms. The van der Waals surface area contributed by atoms with Crippen LogP contribution < -0.4 is 0 Å². The summed E-state index contributed by atoms with van der Waals surface area (Å²) in [7, 11) is -3.25. The van der Waals surface area contributed by atoms with Crippen molar-refractivity contribution >= 4 is 21.4 Å². The number of hydrogen-bond donors (Lipinski definition) is 0. The summed E-state index contributed by atoms with van der Waals surface area (Å²) in [4.78, 5) is 0. The molecule has 0 aliphatic rings. The molecule has 2 heterocycles. The minimum atomic E-state index is -3.25. The van der Waals surface area contributed by atoms with Crippen LogP contribution in [0.5, 0.6) is 0 Å². The molecule has 0 atom stereocenters. The van der Waals surface area contributed by atoms with Gasteiger partial charge in [-0.3, -0.25) is 0 Å². The molecule has 0 N–H and O–H groups in total. The van der Waals surface area contributed by atoms with Gasteiger partial charge < -0.3 is 4.42 Å². The van der Waals surface area contributed by atoms with E-state index in [-0.39, 0.29) is 12.3 Å². The van der Waals surface area contributed by atoms with Crippen LogP contribution in [0.1, 0.15) is 24.7 Å². The zero-order valence-electron chi connectivity index (χ0n) is 10.8. The van der Waals surface area contributed by atoms with Gasteiger partial charge >= 0.3 is 0 Å². The van der Waals surface area contributed by atoms with Crippen LogP contribution in [-0.2, 0) is 23.1 Å². The first kappa shape index (κ1) is 14.3. The number of thiophene rings is 1. The lowest BCUT2D eigenvalue weighted by molar-refractivity contribution is 0.358. The molecule has 2 rings (SSSR count). The van der Waals surface area contributed by atoms with Crippen molar-refractivity contribution in [3.8, 4) is 0 Å². The molecule has 0 aliphatic heterocycles. The summed E-state index contributed by atoms with van der Waals surface area (Å²) in [5.41, 5.74) is 1.01. The van der Waals surface area contributed by atoms with Crippen LogP contribution in [0.2, 0.25) is 0 Å². The van der Waals surface area contributed by atoms with E-state index in [2.05, 4.69) is 0 Å². The zero-order valence-corrected chi connectivity index (χ0v) is 12.4. The lowest BCUT2D eigenvalue weighted by atomic mass is 10.3. The topological polar surface area (TPSA) is 50.5 Å². The fourth-order valence-corrected chi connectivity index (χ4v) is 3.91. The molecule has 0 aliphatic carbocycles. The van der Waals surface area contributed by atoms with Gasteiger partial charge in [0.25, 0.3) is 0 Å². The van der Waals surface area contributed by atoms with Gasteiger partial charge in [-0.15, -0.1) is 0 Å². The highest BCUT2D eigenvalue weighted by Gasteiger charge is 2.22. The summed E-state index contributed by atoms with van der Waals surface area (Å²) < 4.78 is 31.3. The van der Waals surface area contributed by atoms with E-state index in [0.29, 0.717) is 18.7 Å². The monoisotopic (exact) mass is 299 g/mol. The molecule has 0 bridgehead atoms. The Hall–Kier alpha value is -1.11. The first-order valence-corrected chi connectivity index (χ1v) is 8.68. The van der Waals surface area contributed by atoms with Gasteiger partial charge in [-0.1, -0.05) is 6.92 Å². The average molecular weight is 299 g/mol.